The van der Waals surface area contributed by atoms with E-state index in [0.29, 0.717) is 17.8 Å². The lowest BCUT2D eigenvalue weighted by Gasteiger charge is -2.23. The van der Waals surface area contributed by atoms with Crippen LogP contribution in [0.2, 0.25) is 0 Å². The lowest BCUT2D eigenvalue weighted by molar-refractivity contribution is -0.115. The first-order valence-corrected chi connectivity index (χ1v) is 12.3. The van der Waals surface area contributed by atoms with Gasteiger partial charge in [-0.05, 0) is 48.7 Å². The molecule has 0 aliphatic carbocycles. The normalized spacial score (nSPS) is 15.1. The molecule has 1 unspecified atom stereocenters. The van der Waals surface area contributed by atoms with Crippen molar-refractivity contribution < 1.29 is 9.59 Å². The molecule has 0 spiro atoms. The van der Waals surface area contributed by atoms with Crippen molar-refractivity contribution >= 4 is 40.6 Å². The molecule has 5 rings (SSSR count). The minimum Gasteiger partial charge on any atom is -0.337 e. The van der Waals surface area contributed by atoms with Crippen molar-refractivity contribution in [3.05, 3.63) is 83.4 Å². The highest BCUT2D eigenvalue weighted by molar-refractivity contribution is 8.00. The highest BCUT2D eigenvalue weighted by atomic mass is 32.2. The van der Waals surface area contributed by atoms with E-state index in [9.17, 15) is 9.59 Å². The van der Waals surface area contributed by atoms with Crippen LogP contribution >= 0.6 is 23.1 Å². The van der Waals surface area contributed by atoms with Crippen LogP contribution in [0.4, 0.5) is 5.69 Å². The van der Waals surface area contributed by atoms with Crippen molar-refractivity contribution in [1.29, 1.82) is 0 Å². The van der Waals surface area contributed by atoms with Gasteiger partial charge in [-0.3, -0.25) is 9.59 Å². The van der Waals surface area contributed by atoms with Crippen LogP contribution in [0.25, 0.3) is 16.3 Å². The fourth-order valence-electron chi connectivity index (χ4n) is 3.75. The zero-order valence-electron chi connectivity index (χ0n) is 18.2. The van der Waals surface area contributed by atoms with Crippen molar-refractivity contribution in [2.45, 2.75) is 23.6 Å². The molecular formula is C25H22N4O2S2. The third-order valence-electron chi connectivity index (χ3n) is 5.48. The first-order valence-electron chi connectivity index (χ1n) is 10.5. The molecule has 0 radical (unpaired) electrons. The minimum atomic E-state index is -0.140. The van der Waals surface area contributed by atoms with Crippen molar-refractivity contribution in [1.82, 2.24) is 14.7 Å². The average molecular weight is 475 g/mol. The second-order valence-electron chi connectivity index (χ2n) is 7.88. The summed E-state index contributed by atoms with van der Waals surface area (Å²) in [7, 11) is 1.79. The van der Waals surface area contributed by atoms with E-state index in [2.05, 4.69) is 5.32 Å². The van der Waals surface area contributed by atoms with E-state index < -0.39 is 0 Å². The molecule has 166 valence electrons. The highest BCUT2D eigenvalue weighted by Gasteiger charge is 2.25. The number of nitrogens with one attached hydrogen (secondary N) is 1. The summed E-state index contributed by atoms with van der Waals surface area (Å²) in [6.07, 6.45) is 1.99. The van der Waals surface area contributed by atoms with Crippen LogP contribution in [0.1, 0.15) is 22.8 Å². The van der Waals surface area contributed by atoms with Crippen LogP contribution in [-0.4, -0.2) is 38.8 Å². The van der Waals surface area contributed by atoms with Gasteiger partial charge in [-0.15, -0.1) is 23.1 Å². The lowest BCUT2D eigenvalue weighted by Crippen LogP contribution is -2.28. The Morgan fingerprint density at radius 1 is 1.15 bits per heavy atom. The van der Waals surface area contributed by atoms with Crippen LogP contribution in [0, 0.1) is 0 Å². The van der Waals surface area contributed by atoms with Crippen LogP contribution in [0.15, 0.2) is 77.1 Å². The topological polar surface area (TPSA) is 67.2 Å². The molecule has 6 nitrogen and oxygen atoms in total. The van der Waals surface area contributed by atoms with E-state index in [-0.39, 0.29) is 17.1 Å². The third-order valence-corrected chi connectivity index (χ3v) is 7.53. The molecule has 0 fully saturated rings. The quantitative estimate of drug-likeness (QED) is 0.426. The summed E-state index contributed by atoms with van der Waals surface area (Å²) < 4.78 is 1.86. The Hall–Kier alpha value is -3.36. The Morgan fingerprint density at radius 2 is 1.97 bits per heavy atom. The van der Waals surface area contributed by atoms with Crippen LogP contribution in [0.3, 0.4) is 0 Å². The predicted octanol–water partition coefficient (Wildman–Crippen LogP) is 5.31. The summed E-state index contributed by atoms with van der Waals surface area (Å²) in [5.74, 6) is -0.153. The highest BCUT2D eigenvalue weighted by Crippen LogP contribution is 2.36. The van der Waals surface area contributed by atoms with Crippen LogP contribution in [0.5, 0.6) is 0 Å². The van der Waals surface area contributed by atoms with E-state index in [0.717, 1.165) is 26.7 Å². The Kier molecular flexibility index (Phi) is 5.78. The first-order chi connectivity index (χ1) is 16.0. The van der Waals surface area contributed by atoms with E-state index in [1.54, 1.807) is 29.4 Å². The number of benzene rings is 2. The van der Waals surface area contributed by atoms with Crippen molar-refractivity contribution in [3.8, 4) is 16.3 Å². The number of amides is 2. The maximum atomic E-state index is 13.2. The van der Waals surface area contributed by atoms with Gasteiger partial charge in [0, 0.05) is 35.8 Å². The van der Waals surface area contributed by atoms with E-state index in [4.69, 9.17) is 5.10 Å². The Morgan fingerprint density at radius 3 is 2.73 bits per heavy atom. The van der Waals surface area contributed by atoms with Crippen molar-refractivity contribution in [2.75, 3.05) is 12.4 Å². The minimum absolute atomic E-state index is 0.0423. The molecule has 1 aliphatic rings. The van der Waals surface area contributed by atoms with Gasteiger partial charge >= 0.3 is 0 Å². The number of anilines is 1. The van der Waals surface area contributed by atoms with Gasteiger partial charge in [-0.1, -0.05) is 24.3 Å². The summed E-state index contributed by atoms with van der Waals surface area (Å²) in [4.78, 5) is 29.0. The van der Waals surface area contributed by atoms with E-state index in [1.165, 1.54) is 11.8 Å². The summed E-state index contributed by atoms with van der Waals surface area (Å²) in [6, 6.07) is 19.5. The molecule has 0 bridgehead atoms. The molecule has 33 heavy (non-hydrogen) atoms. The second kappa shape index (κ2) is 8.88. The molecule has 1 atom stereocenters. The van der Waals surface area contributed by atoms with Crippen LogP contribution < -0.4 is 5.32 Å². The molecule has 0 saturated heterocycles. The number of rotatable bonds is 5. The molecule has 2 amide bonds. The van der Waals surface area contributed by atoms with Gasteiger partial charge in [0.1, 0.15) is 5.69 Å². The number of carbonyl (C=O) groups is 2. The van der Waals surface area contributed by atoms with Gasteiger partial charge < -0.3 is 10.2 Å². The summed E-state index contributed by atoms with van der Waals surface area (Å²) in [6.45, 7) is 2.28. The standard InChI is InChI=1S/C25H22N4O2S2/c1-16-24(30)26-20-13-17(10-11-21(20)33-16)25(31)28(2)14-18-15-29(19-7-4-3-5-8-19)27-23(18)22-9-6-12-32-22/h3-13,15-16H,14H2,1-2H3,(H,26,30). The predicted molar refractivity (Wildman–Crippen MR) is 133 cm³/mol. The molecule has 2 aromatic carbocycles. The summed E-state index contributed by atoms with van der Waals surface area (Å²) in [5, 5.41) is 9.60. The molecular weight excluding hydrogens is 452 g/mol. The SMILES string of the molecule is CC1Sc2ccc(C(=O)N(C)Cc3cn(-c4ccccc4)nc3-c3cccs3)cc2NC1=O. The van der Waals surface area contributed by atoms with E-state index in [1.807, 2.05) is 77.8 Å². The molecule has 4 aromatic rings. The summed E-state index contributed by atoms with van der Waals surface area (Å²) >= 11 is 3.13. The van der Waals surface area contributed by atoms with Crippen molar-refractivity contribution in [3.63, 3.8) is 0 Å². The fraction of sp³-hybridized carbons (Fsp3) is 0.160. The zero-order chi connectivity index (χ0) is 22.9. The number of nitrogens with zero attached hydrogens (tertiary/aromatic N) is 3. The molecule has 8 heteroatoms. The van der Waals surface area contributed by atoms with Gasteiger partial charge in [-0.2, -0.15) is 5.10 Å². The number of hydrogen-bond acceptors (Lipinski definition) is 5. The van der Waals surface area contributed by atoms with Crippen LogP contribution in [-0.2, 0) is 11.3 Å². The maximum Gasteiger partial charge on any atom is 0.253 e. The van der Waals surface area contributed by atoms with Gasteiger partial charge in [0.25, 0.3) is 5.91 Å². The summed E-state index contributed by atoms with van der Waals surface area (Å²) in [5.41, 5.74) is 4.04. The molecule has 0 saturated carbocycles. The smallest absolute Gasteiger partial charge is 0.253 e. The van der Waals surface area contributed by atoms with E-state index >= 15 is 0 Å². The Balaban J connectivity index is 1.42. The number of carbonyl (C=O) groups excluding carboxylic acids is 2. The lowest BCUT2D eigenvalue weighted by atomic mass is 10.1. The number of hydrogen-bond donors (Lipinski definition) is 1. The van der Waals surface area contributed by atoms with Gasteiger partial charge in [0.05, 0.1) is 21.5 Å². The molecule has 2 aromatic heterocycles. The number of para-hydroxylation sites is 1. The monoisotopic (exact) mass is 474 g/mol. The van der Waals surface area contributed by atoms with Gasteiger partial charge in [-0.25, -0.2) is 4.68 Å². The number of thiophene rings is 1. The average Bonchev–Trinajstić information content (AvgIpc) is 3.50. The second-order valence-corrected chi connectivity index (χ2v) is 10.2. The first kappa shape index (κ1) is 21.5. The Bertz CT molecular complexity index is 1320. The molecule has 1 aliphatic heterocycles. The molecule has 3 heterocycles. The fourth-order valence-corrected chi connectivity index (χ4v) is 5.42. The number of thioether (sulfide) groups is 1. The molecule has 1 N–H and O–H groups in total. The number of fused-ring (bicyclic) bond motifs is 1. The maximum absolute atomic E-state index is 13.2. The Labute approximate surface area is 200 Å². The van der Waals surface area contributed by atoms with Gasteiger partial charge in [0.2, 0.25) is 5.91 Å². The zero-order valence-corrected chi connectivity index (χ0v) is 19.8. The van der Waals surface area contributed by atoms with Gasteiger partial charge in [0.15, 0.2) is 0 Å². The van der Waals surface area contributed by atoms with Crippen molar-refractivity contribution in [2.24, 2.45) is 0 Å². The largest absolute Gasteiger partial charge is 0.337 e. The number of aromatic nitrogens is 2. The third kappa shape index (κ3) is 4.31.